The molecule has 0 saturated heterocycles. The number of nitrogens with one attached hydrogen (secondary N) is 3. The molecule has 0 aromatic carbocycles. The largest absolute Gasteiger partial charge is 0.360 e. The second-order valence-corrected chi connectivity index (χ2v) is 4.10. The molecule has 0 amide bonds. The zero-order valence-electron chi connectivity index (χ0n) is 9.20. The van der Waals surface area contributed by atoms with Crippen LogP contribution in [0.15, 0.2) is 40.8 Å². The van der Waals surface area contributed by atoms with Crippen LogP contribution >= 0.6 is 0 Å². The minimum atomic E-state index is -0.509. The number of aliphatic imine (C=N–C) groups is 1. The van der Waals surface area contributed by atoms with E-state index in [4.69, 9.17) is 5.41 Å². The summed E-state index contributed by atoms with van der Waals surface area (Å²) in [6, 6.07) is 0. The zero-order valence-corrected chi connectivity index (χ0v) is 9.20. The fourth-order valence-electron chi connectivity index (χ4n) is 2.38. The standard InChI is InChI=1S/C11H13N5/c1-7-3-4-8-11(16(2)10(12)15-8)9(7)13-5-6-14-11/h3-6,12-14H,1-2H3. The quantitative estimate of drug-likeness (QED) is 0.551. The summed E-state index contributed by atoms with van der Waals surface area (Å²) in [5, 5.41) is 14.4. The van der Waals surface area contributed by atoms with E-state index in [1.807, 2.05) is 43.4 Å². The molecule has 5 heteroatoms. The van der Waals surface area contributed by atoms with E-state index < -0.39 is 5.66 Å². The van der Waals surface area contributed by atoms with E-state index in [2.05, 4.69) is 15.6 Å². The number of hydrogen-bond donors (Lipinski definition) is 3. The summed E-state index contributed by atoms with van der Waals surface area (Å²) < 4.78 is 0. The molecule has 0 bridgehead atoms. The summed E-state index contributed by atoms with van der Waals surface area (Å²) in [5.41, 5.74) is 2.54. The van der Waals surface area contributed by atoms with Crippen molar-refractivity contribution < 1.29 is 0 Å². The SMILES string of the molecule is CC1=C2NC=CNC23C(=NC(=N)N3C)C=C1. The molecule has 3 aliphatic rings. The molecule has 1 aliphatic carbocycles. The number of rotatable bonds is 0. The van der Waals surface area contributed by atoms with Crippen molar-refractivity contribution >= 4 is 11.7 Å². The Balaban J connectivity index is 2.26. The highest BCUT2D eigenvalue weighted by Crippen LogP contribution is 2.34. The van der Waals surface area contributed by atoms with Crippen LogP contribution in [0, 0.1) is 5.41 Å². The summed E-state index contributed by atoms with van der Waals surface area (Å²) in [7, 11) is 1.87. The molecular formula is C11H13N5. The van der Waals surface area contributed by atoms with E-state index >= 15 is 0 Å². The minimum absolute atomic E-state index is 0.274. The van der Waals surface area contributed by atoms with Gasteiger partial charge in [0.05, 0.1) is 11.4 Å². The Morgan fingerprint density at radius 2 is 2.19 bits per heavy atom. The topological polar surface area (TPSA) is 63.5 Å². The molecule has 1 spiro atoms. The summed E-state index contributed by atoms with van der Waals surface area (Å²) in [6.07, 6.45) is 7.69. The van der Waals surface area contributed by atoms with Crippen molar-refractivity contribution in [2.75, 3.05) is 7.05 Å². The molecule has 0 saturated carbocycles. The van der Waals surface area contributed by atoms with E-state index in [0.29, 0.717) is 0 Å². The Morgan fingerprint density at radius 3 is 3.00 bits per heavy atom. The molecule has 1 atom stereocenters. The molecule has 5 nitrogen and oxygen atoms in total. The Bertz CT molecular complexity index is 497. The number of nitrogens with zero attached hydrogens (tertiary/aromatic N) is 2. The van der Waals surface area contributed by atoms with Crippen LogP contribution in [-0.2, 0) is 0 Å². The Kier molecular flexibility index (Phi) is 1.58. The summed E-state index contributed by atoms with van der Waals surface area (Å²) in [5.74, 6) is 0.274. The minimum Gasteiger partial charge on any atom is -0.360 e. The molecule has 16 heavy (non-hydrogen) atoms. The lowest BCUT2D eigenvalue weighted by atomic mass is 9.89. The van der Waals surface area contributed by atoms with Crippen molar-refractivity contribution in [3.63, 3.8) is 0 Å². The van der Waals surface area contributed by atoms with Gasteiger partial charge in [0, 0.05) is 19.4 Å². The normalized spacial score (nSPS) is 30.8. The summed E-state index contributed by atoms with van der Waals surface area (Å²) >= 11 is 0. The third kappa shape index (κ3) is 0.856. The average Bonchev–Trinajstić information content (AvgIpc) is 2.54. The van der Waals surface area contributed by atoms with Crippen molar-refractivity contribution in [1.29, 1.82) is 5.41 Å². The molecule has 2 aliphatic heterocycles. The third-order valence-corrected chi connectivity index (χ3v) is 3.27. The van der Waals surface area contributed by atoms with E-state index in [1.54, 1.807) is 0 Å². The predicted octanol–water partition coefficient (Wildman–Crippen LogP) is 0.512. The molecule has 3 N–H and O–H groups in total. The Morgan fingerprint density at radius 1 is 1.38 bits per heavy atom. The first-order valence-corrected chi connectivity index (χ1v) is 5.16. The van der Waals surface area contributed by atoms with E-state index in [-0.39, 0.29) is 5.96 Å². The first-order valence-electron chi connectivity index (χ1n) is 5.16. The van der Waals surface area contributed by atoms with Gasteiger partial charge in [-0.2, -0.15) is 0 Å². The van der Waals surface area contributed by atoms with Gasteiger partial charge in [-0.25, -0.2) is 4.99 Å². The van der Waals surface area contributed by atoms with Crippen LogP contribution in [0.1, 0.15) is 6.92 Å². The Hall–Kier alpha value is -2.04. The lowest BCUT2D eigenvalue weighted by Gasteiger charge is -2.43. The van der Waals surface area contributed by atoms with E-state index in [1.165, 1.54) is 0 Å². The molecular weight excluding hydrogens is 202 g/mol. The van der Waals surface area contributed by atoms with Gasteiger partial charge in [-0.1, -0.05) is 6.08 Å². The zero-order chi connectivity index (χ0) is 11.3. The number of hydrogen-bond acceptors (Lipinski definition) is 3. The van der Waals surface area contributed by atoms with Crippen molar-refractivity contribution in [3.05, 3.63) is 35.8 Å². The van der Waals surface area contributed by atoms with Gasteiger partial charge in [-0.3, -0.25) is 5.41 Å². The van der Waals surface area contributed by atoms with Gasteiger partial charge in [0.1, 0.15) is 0 Å². The van der Waals surface area contributed by atoms with Crippen LogP contribution in [-0.4, -0.2) is 29.3 Å². The molecule has 0 fully saturated rings. The maximum atomic E-state index is 7.82. The molecule has 0 aromatic rings. The average molecular weight is 215 g/mol. The summed E-state index contributed by atoms with van der Waals surface area (Å²) in [6.45, 7) is 2.05. The monoisotopic (exact) mass is 215 g/mol. The van der Waals surface area contributed by atoms with Crippen LogP contribution in [0.2, 0.25) is 0 Å². The molecule has 82 valence electrons. The van der Waals surface area contributed by atoms with Gasteiger partial charge < -0.3 is 15.5 Å². The predicted molar refractivity (Wildman–Crippen MR) is 62.9 cm³/mol. The van der Waals surface area contributed by atoms with Crippen molar-refractivity contribution in [2.45, 2.75) is 12.6 Å². The fourth-order valence-corrected chi connectivity index (χ4v) is 2.38. The maximum absolute atomic E-state index is 7.82. The second kappa shape index (κ2) is 2.75. The number of likely N-dealkylation sites (N-methyl/N-ethyl adjacent to an activating group) is 1. The Labute approximate surface area is 93.7 Å². The smallest absolute Gasteiger partial charge is 0.220 e. The van der Waals surface area contributed by atoms with Gasteiger partial charge in [0.15, 0.2) is 5.66 Å². The third-order valence-electron chi connectivity index (χ3n) is 3.27. The fraction of sp³-hybridized carbons (Fsp3) is 0.273. The molecule has 0 aromatic heterocycles. The molecule has 2 heterocycles. The lowest BCUT2D eigenvalue weighted by Crippen LogP contribution is -2.64. The lowest BCUT2D eigenvalue weighted by molar-refractivity contribution is 0.297. The van der Waals surface area contributed by atoms with Gasteiger partial charge in [0.2, 0.25) is 5.96 Å². The second-order valence-electron chi connectivity index (χ2n) is 4.10. The van der Waals surface area contributed by atoms with Gasteiger partial charge in [-0.15, -0.1) is 0 Å². The highest BCUT2D eigenvalue weighted by Gasteiger charge is 2.50. The number of guanidine groups is 1. The van der Waals surface area contributed by atoms with Crippen LogP contribution < -0.4 is 10.6 Å². The van der Waals surface area contributed by atoms with E-state index in [0.717, 1.165) is 17.0 Å². The molecule has 1 unspecified atom stereocenters. The van der Waals surface area contributed by atoms with E-state index in [9.17, 15) is 0 Å². The van der Waals surface area contributed by atoms with Crippen molar-refractivity contribution in [1.82, 2.24) is 15.5 Å². The number of allylic oxidation sites excluding steroid dienone is 2. The highest BCUT2D eigenvalue weighted by molar-refractivity contribution is 6.16. The van der Waals surface area contributed by atoms with Crippen LogP contribution in [0.3, 0.4) is 0 Å². The van der Waals surface area contributed by atoms with Crippen LogP contribution in [0.25, 0.3) is 0 Å². The van der Waals surface area contributed by atoms with Gasteiger partial charge in [0.25, 0.3) is 0 Å². The van der Waals surface area contributed by atoms with Crippen molar-refractivity contribution in [2.24, 2.45) is 4.99 Å². The first kappa shape index (κ1) is 9.21. The van der Waals surface area contributed by atoms with Gasteiger partial charge in [-0.05, 0) is 18.6 Å². The van der Waals surface area contributed by atoms with Crippen LogP contribution in [0.4, 0.5) is 0 Å². The van der Waals surface area contributed by atoms with Gasteiger partial charge >= 0.3 is 0 Å². The molecule has 3 rings (SSSR count). The van der Waals surface area contributed by atoms with Crippen molar-refractivity contribution in [3.8, 4) is 0 Å². The molecule has 0 radical (unpaired) electrons. The summed E-state index contributed by atoms with van der Waals surface area (Å²) in [4.78, 5) is 6.10. The highest BCUT2D eigenvalue weighted by atomic mass is 15.4. The first-order chi connectivity index (χ1) is 7.66. The van der Waals surface area contributed by atoms with Crippen LogP contribution in [0.5, 0.6) is 0 Å². The maximum Gasteiger partial charge on any atom is 0.220 e.